The minimum absolute atomic E-state index is 0.583. The van der Waals surface area contributed by atoms with Gasteiger partial charge in [-0.1, -0.05) is 24.3 Å². The summed E-state index contributed by atoms with van der Waals surface area (Å²) < 4.78 is 0. The van der Waals surface area contributed by atoms with E-state index in [1.807, 2.05) is 0 Å². The second-order valence-corrected chi connectivity index (χ2v) is 6.80. The number of nitrogens with two attached hydrogens (primary N) is 1. The Hall–Kier alpha value is -0.940. The van der Waals surface area contributed by atoms with Crippen LogP contribution in [0.2, 0.25) is 0 Å². The maximum Gasteiger partial charge on any atom is 0.0326 e. The predicted octanol–water partition coefficient (Wildman–Crippen LogP) is 2.35. The van der Waals surface area contributed by atoms with Crippen LogP contribution in [0.3, 0.4) is 0 Å². The quantitative estimate of drug-likeness (QED) is 0.395. The molecule has 0 radical (unpaired) electrons. The van der Waals surface area contributed by atoms with Crippen LogP contribution in [0.15, 0.2) is 24.3 Å². The maximum atomic E-state index is 5.47. The van der Waals surface area contributed by atoms with Crippen LogP contribution in [0.4, 0.5) is 0 Å². The van der Waals surface area contributed by atoms with Crippen LogP contribution in [0.25, 0.3) is 0 Å². The van der Waals surface area contributed by atoms with Crippen LogP contribution in [-0.4, -0.2) is 39.3 Å². The summed E-state index contributed by atoms with van der Waals surface area (Å²) in [6, 6.07) is 9.46. The first-order chi connectivity index (χ1) is 11.9. The lowest BCUT2D eigenvalue weighted by molar-refractivity contribution is 0.502. The number of fused-ring (bicyclic) bond motifs is 1. The summed E-state index contributed by atoms with van der Waals surface area (Å²) in [6.45, 7) is 6.41. The number of hydrogen-bond acceptors (Lipinski definition) is 4. The fraction of sp³-hybridized carbons (Fsp3) is 0.700. The SMILES string of the molecule is NCCCCNCCCNCCCCNC1CCc2ccccc21. The van der Waals surface area contributed by atoms with Crippen molar-refractivity contribution in [1.82, 2.24) is 16.0 Å². The summed E-state index contributed by atoms with van der Waals surface area (Å²) in [7, 11) is 0. The number of hydrogen-bond donors (Lipinski definition) is 4. The van der Waals surface area contributed by atoms with Gasteiger partial charge in [-0.25, -0.2) is 0 Å². The molecule has 0 aliphatic heterocycles. The van der Waals surface area contributed by atoms with E-state index in [1.54, 1.807) is 0 Å². The number of nitrogens with one attached hydrogen (secondary N) is 3. The second-order valence-electron chi connectivity index (χ2n) is 6.80. The minimum atomic E-state index is 0.583. The van der Waals surface area contributed by atoms with Crippen LogP contribution in [0.5, 0.6) is 0 Å². The normalized spacial score (nSPS) is 16.5. The molecule has 136 valence electrons. The van der Waals surface area contributed by atoms with Crippen LogP contribution in [0.1, 0.15) is 55.7 Å². The number of benzene rings is 1. The highest BCUT2D eigenvalue weighted by atomic mass is 14.9. The summed E-state index contributed by atoms with van der Waals surface area (Å²) >= 11 is 0. The summed E-state index contributed by atoms with van der Waals surface area (Å²) in [4.78, 5) is 0. The molecule has 1 aliphatic carbocycles. The molecule has 1 aromatic carbocycles. The second kappa shape index (κ2) is 12.4. The van der Waals surface area contributed by atoms with E-state index in [0.717, 1.165) is 45.7 Å². The molecule has 4 nitrogen and oxygen atoms in total. The van der Waals surface area contributed by atoms with Crippen molar-refractivity contribution in [3.8, 4) is 0 Å². The molecule has 0 saturated carbocycles. The van der Waals surface area contributed by atoms with Crippen molar-refractivity contribution < 1.29 is 0 Å². The highest BCUT2D eigenvalue weighted by Gasteiger charge is 2.20. The van der Waals surface area contributed by atoms with E-state index < -0.39 is 0 Å². The fourth-order valence-electron chi connectivity index (χ4n) is 3.40. The summed E-state index contributed by atoms with van der Waals surface area (Å²) in [5.74, 6) is 0. The van der Waals surface area contributed by atoms with E-state index in [2.05, 4.69) is 40.2 Å². The molecule has 1 aromatic rings. The zero-order chi connectivity index (χ0) is 16.9. The third-order valence-corrected chi connectivity index (χ3v) is 4.82. The van der Waals surface area contributed by atoms with Gasteiger partial charge in [0, 0.05) is 6.04 Å². The standard InChI is InChI=1S/C20H36N4/c21-12-3-4-13-22-15-7-16-23-14-5-6-17-24-20-11-10-18-8-1-2-9-19(18)20/h1-2,8-9,20,22-24H,3-7,10-17,21H2. The Balaban J connectivity index is 1.36. The van der Waals surface area contributed by atoms with Crippen molar-refractivity contribution in [3.05, 3.63) is 35.4 Å². The van der Waals surface area contributed by atoms with Gasteiger partial charge in [-0.15, -0.1) is 0 Å². The van der Waals surface area contributed by atoms with E-state index >= 15 is 0 Å². The van der Waals surface area contributed by atoms with Gasteiger partial charge in [0.25, 0.3) is 0 Å². The van der Waals surface area contributed by atoms with Crippen LogP contribution in [0, 0.1) is 0 Å². The highest BCUT2D eigenvalue weighted by Crippen LogP contribution is 2.30. The third-order valence-electron chi connectivity index (χ3n) is 4.82. The van der Waals surface area contributed by atoms with E-state index in [0.29, 0.717) is 6.04 Å². The molecule has 0 saturated heterocycles. The first-order valence-electron chi connectivity index (χ1n) is 9.84. The van der Waals surface area contributed by atoms with Crippen LogP contribution >= 0.6 is 0 Å². The maximum absolute atomic E-state index is 5.47. The summed E-state index contributed by atoms with van der Waals surface area (Å²) in [5, 5.41) is 10.7. The Morgan fingerprint density at radius 3 is 2.29 bits per heavy atom. The van der Waals surface area contributed by atoms with Crippen molar-refractivity contribution in [2.75, 3.05) is 39.3 Å². The molecule has 0 spiro atoms. The van der Waals surface area contributed by atoms with Gasteiger partial charge in [0.2, 0.25) is 0 Å². The molecule has 5 N–H and O–H groups in total. The first-order valence-corrected chi connectivity index (χ1v) is 9.84. The monoisotopic (exact) mass is 332 g/mol. The number of rotatable bonds is 14. The predicted molar refractivity (Wildman–Crippen MR) is 103 cm³/mol. The molecule has 2 rings (SSSR count). The lowest BCUT2D eigenvalue weighted by atomic mass is 10.1. The van der Waals surface area contributed by atoms with Gasteiger partial charge in [-0.3, -0.25) is 0 Å². The largest absolute Gasteiger partial charge is 0.330 e. The van der Waals surface area contributed by atoms with Gasteiger partial charge >= 0.3 is 0 Å². The Morgan fingerprint density at radius 2 is 1.50 bits per heavy atom. The fourth-order valence-corrected chi connectivity index (χ4v) is 3.40. The van der Waals surface area contributed by atoms with Gasteiger partial charge in [0.05, 0.1) is 0 Å². The van der Waals surface area contributed by atoms with Crippen LogP contribution in [-0.2, 0) is 6.42 Å². The highest BCUT2D eigenvalue weighted by molar-refractivity contribution is 5.34. The van der Waals surface area contributed by atoms with Crippen molar-refractivity contribution in [3.63, 3.8) is 0 Å². The number of unbranched alkanes of at least 4 members (excludes halogenated alkanes) is 2. The topological polar surface area (TPSA) is 62.1 Å². The van der Waals surface area contributed by atoms with E-state index in [-0.39, 0.29) is 0 Å². The van der Waals surface area contributed by atoms with Gasteiger partial charge in [0.15, 0.2) is 0 Å². The van der Waals surface area contributed by atoms with Crippen molar-refractivity contribution in [2.24, 2.45) is 5.73 Å². The van der Waals surface area contributed by atoms with Gasteiger partial charge in [-0.2, -0.15) is 0 Å². The lowest BCUT2D eigenvalue weighted by Gasteiger charge is -2.14. The smallest absolute Gasteiger partial charge is 0.0326 e. The lowest BCUT2D eigenvalue weighted by Crippen LogP contribution is -2.25. The molecule has 24 heavy (non-hydrogen) atoms. The molecule has 0 heterocycles. The molecule has 0 fully saturated rings. The van der Waals surface area contributed by atoms with Gasteiger partial charge < -0.3 is 21.7 Å². The molecule has 0 amide bonds. The summed E-state index contributed by atoms with van der Waals surface area (Å²) in [5.41, 5.74) is 8.53. The van der Waals surface area contributed by atoms with Crippen molar-refractivity contribution in [2.45, 2.75) is 51.0 Å². The number of aryl methyl sites for hydroxylation is 1. The molecule has 1 atom stereocenters. The molecule has 1 aliphatic rings. The third kappa shape index (κ3) is 7.31. The molecule has 0 bridgehead atoms. The average Bonchev–Trinajstić information content (AvgIpc) is 3.02. The van der Waals surface area contributed by atoms with Gasteiger partial charge in [0.1, 0.15) is 0 Å². The molecular weight excluding hydrogens is 296 g/mol. The first kappa shape index (κ1) is 19.4. The Bertz CT molecular complexity index is 435. The zero-order valence-corrected chi connectivity index (χ0v) is 15.2. The molecule has 0 aromatic heterocycles. The Kier molecular flexibility index (Phi) is 10.0. The van der Waals surface area contributed by atoms with E-state index in [4.69, 9.17) is 5.73 Å². The summed E-state index contributed by atoms with van der Waals surface area (Å²) in [6.07, 6.45) is 8.54. The minimum Gasteiger partial charge on any atom is -0.330 e. The average molecular weight is 333 g/mol. The van der Waals surface area contributed by atoms with Crippen molar-refractivity contribution >= 4 is 0 Å². The Labute approximate surface area is 148 Å². The van der Waals surface area contributed by atoms with E-state index in [9.17, 15) is 0 Å². The van der Waals surface area contributed by atoms with Crippen LogP contribution < -0.4 is 21.7 Å². The zero-order valence-electron chi connectivity index (χ0n) is 15.2. The molecule has 4 heteroatoms. The molecular formula is C20H36N4. The molecule has 1 unspecified atom stereocenters. The van der Waals surface area contributed by atoms with Gasteiger partial charge in [-0.05, 0) is 95.3 Å². The van der Waals surface area contributed by atoms with Crippen molar-refractivity contribution in [1.29, 1.82) is 0 Å². The van der Waals surface area contributed by atoms with E-state index in [1.165, 1.54) is 49.7 Å². The Morgan fingerprint density at radius 1 is 0.833 bits per heavy atom.